The van der Waals surface area contributed by atoms with Crippen LogP contribution in [-0.4, -0.2) is 0 Å². The highest BCUT2D eigenvalue weighted by Gasteiger charge is 2.24. The zero-order valence-electron chi connectivity index (χ0n) is 7.43. The standard InChI is InChI=1S/C11H16/c1-8-6-7-10-4-3-5-11(10)9(8)2/h3,5,8-9H,4,6-7H2,1-2H3. The van der Waals surface area contributed by atoms with Gasteiger partial charge in [0.15, 0.2) is 0 Å². The number of hydrogen-bond donors (Lipinski definition) is 0. The quantitative estimate of drug-likeness (QED) is 0.494. The average molecular weight is 148 g/mol. The summed E-state index contributed by atoms with van der Waals surface area (Å²) in [4.78, 5) is 0. The van der Waals surface area contributed by atoms with E-state index >= 15 is 0 Å². The Morgan fingerprint density at radius 2 is 2.18 bits per heavy atom. The molecule has 0 amide bonds. The van der Waals surface area contributed by atoms with E-state index in [1.54, 1.807) is 11.1 Å². The van der Waals surface area contributed by atoms with Gasteiger partial charge in [-0.05, 0) is 36.7 Å². The highest BCUT2D eigenvalue weighted by atomic mass is 14.3. The van der Waals surface area contributed by atoms with E-state index in [9.17, 15) is 0 Å². The second kappa shape index (κ2) is 2.51. The molecule has 0 heterocycles. The first-order chi connectivity index (χ1) is 5.29. The van der Waals surface area contributed by atoms with E-state index in [2.05, 4.69) is 26.0 Å². The zero-order chi connectivity index (χ0) is 7.84. The van der Waals surface area contributed by atoms with Crippen molar-refractivity contribution in [3.05, 3.63) is 23.3 Å². The summed E-state index contributed by atoms with van der Waals surface area (Å²) in [5.41, 5.74) is 3.37. The smallest absolute Gasteiger partial charge is 0.0130 e. The summed E-state index contributed by atoms with van der Waals surface area (Å²) in [6.07, 6.45) is 8.66. The minimum Gasteiger partial charge on any atom is -0.0802 e. The van der Waals surface area contributed by atoms with E-state index in [1.165, 1.54) is 19.3 Å². The molecule has 0 heteroatoms. The lowest BCUT2D eigenvalue weighted by Crippen LogP contribution is -2.15. The molecule has 0 fully saturated rings. The highest BCUT2D eigenvalue weighted by molar-refractivity contribution is 5.37. The van der Waals surface area contributed by atoms with Crippen LogP contribution in [0.2, 0.25) is 0 Å². The van der Waals surface area contributed by atoms with E-state index in [1.807, 2.05) is 0 Å². The first-order valence-electron chi connectivity index (χ1n) is 4.67. The van der Waals surface area contributed by atoms with E-state index in [4.69, 9.17) is 0 Å². The van der Waals surface area contributed by atoms with E-state index in [-0.39, 0.29) is 0 Å². The predicted octanol–water partition coefficient (Wildman–Crippen LogP) is 3.31. The fourth-order valence-corrected chi connectivity index (χ4v) is 2.24. The van der Waals surface area contributed by atoms with Crippen LogP contribution < -0.4 is 0 Å². The average Bonchev–Trinajstić information content (AvgIpc) is 2.45. The van der Waals surface area contributed by atoms with Crippen LogP contribution in [0.1, 0.15) is 33.1 Å². The molecule has 0 spiro atoms. The first-order valence-corrected chi connectivity index (χ1v) is 4.67. The Morgan fingerprint density at radius 3 is 3.00 bits per heavy atom. The molecular weight excluding hydrogens is 132 g/mol. The summed E-state index contributed by atoms with van der Waals surface area (Å²) in [7, 11) is 0. The van der Waals surface area contributed by atoms with E-state index in [0.717, 1.165) is 11.8 Å². The maximum atomic E-state index is 2.38. The van der Waals surface area contributed by atoms with Gasteiger partial charge >= 0.3 is 0 Å². The van der Waals surface area contributed by atoms with Gasteiger partial charge in [0.05, 0.1) is 0 Å². The van der Waals surface area contributed by atoms with Gasteiger partial charge in [-0.25, -0.2) is 0 Å². The van der Waals surface area contributed by atoms with Gasteiger partial charge in [0.2, 0.25) is 0 Å². The molecule has 2 aliphatic rings. The van der Waals surface area contributed by atoms with Crippen molar-refractivity contribution in [3.8, 4) is 0 Å². The Morgan fingerprint density at radius 1 is 1.36 bits per heavy atom. The summed E-state index contributed by atoms with van der Waals surface area (Å²) >= 11 is 0. The molecule has 0 aromatic carbocycles. The molecule has 2 aliphatic carbocycles. The largest absolute Gasteiger partial charge is 0.0802 e. The zero-order valence-corrected chi connectivity index (χ0v) is 7.43. The molecule has 0 aromatic heterocycles. The summed E-state index contributed by atoms with van der Waals surface area (Å²) in [5, 5.41) is 0. The van der Waals surface area contributed by atoms with Crippen molar-refractivity contribution in [2.75, 3.05) is 0 Å². The van der Waals surface area contributed by atoms with Gasteiger partial charge in [-0.15, -0.1) is 0 Å². The molecule has 2 atom stereocenters. The molecule has 0 aliphatic heterocycles. The lowest BCUT2D eigenvalue weighted by molar-refractivity contribution is 0.391. The van der Waals surface area contributed by atoms with Crippen molar-refractivity contribution in [1.29, 1.82) is 0 Å². The summed E-state index contributed by atoms with van der Waals surface area (Å²) in [6.45, 7) is 4.75. The molecule has 60 valence electrons. The van der Waals surface area contributed by atoms with Crippen LogP contribution >= 0.6 is 0 Å². The summed E-state index contributed by atoms with van der Waals surface area (Å²) in [6, 6.07) is 0. The predicted molar refractivity (Wildman–Crippen MR) is 48.3 cm³/mol. The van der Waals surface area contributed by atoms with Crippen LogP contribution in [0.15, 0.2) is 23.3 Å². The lowest BCUT2D eigenvalue weighted by atomic mass is 9.78. The minimum absolute atomic E-state index is 0.817. The van der Waals surface area contributed by atoms with Crippen LogP contribution in [0.3, 0.4) is 0 Å². The molecule has 0 N–H and O–H groups in total. The van der Waals surface area contributed by atoms with Gasteiger partial charge in [0.1, 0.15) is 0 Å². The van der Waals surface area contributed by atoms with Crippen LogP contribution in [-0.2, 0) is 0 Å². The van der Waals surface area contributed by atoms with Crippen LogP contribution in [0.4, 0.5) is 0 Å². The van der Waals surface area contributed by atoms with Crippen LogP contribution in [0.5, 0.6) is 0 Å². The number of allylic oxidation sites excluding steroid dienone is 4. The molecule has 0 aromatic rings. The number of rotatable bonds is 0. The van der Waals surface area contributed by atoms with Crippen molar-refractivity contribution < 1.29 is 0 Å². The molecule has 0 saturated carbocycles. The second-order valence-electron chi connectivity index (χ2n) is 3.97. The van der Waals surface area contributed by atoms with Gasteiger partial charge < -0.3 is 0 Å². The topological polar surface area (TPSA) is 0 Å². The molecule has 0 radical (unpaired) electrons. The first kappa shape index (κ1) is 7.15. The molecule has 2 unspecified atom stereocenters. The molecule has 0 saturated heterocycles. The third kappa shape index (κ3) is 1.05. The maximum absolute atomic E-state index is 2.38. The Hall–Kier alpha value is -0.520. The normalized spacial score (nSPS) is 36.2. The Kier molecular flexibility index (Phi) is 1.63. The van der Waals surface area contributed by atoms with Gasteiger partial charge in [0, 0.05) is 0 Å². The molecule has 0 bridgehead atoms. The Labute approximate surface area is 69.0 Å². The Bertz CT molecular complexity index is 220. The van der Waals surface area contributed by atoms with Crippen molar-refractivity contribution in [3.63, 3.8) is 0 Å². The molecule has 11 heavy (non-hydrogen) atoms. The molecule has 0 nitrogen and oxygen atoms in total. The monoisotopic (exact) mass is 148 g/mol. The van der Waals surface area contributed by atoms with Crippen molar-refractivity contribution in [2.45, 2.75) is 33.1 Å². The van der Waals surface area contributed by atoms with E-state index < -0.39 is 0 Å². The van der Waals surface area contributed by atoms with Crippen molar-refractivity contribution in [2.24, 2.45) is 11.8 Å². The lowest BCUT2D eigenvalue weighted by Gasteiger charge is -2.27. The molecular formula is C11H16. The van der Waals surface area contributed by atoms with Gasteiger partial charge in [-0.1, -0.05) is 31.6 Å². The number of hydrogen-bond acceptors (Lipinski definition) is 0. The SMILES string of the molecule is CC1CCC2=C(C=CC2)C1C. The summed E-state index contributed by atoms with van der Waals surface area (Å²) in [5.74, 6) is 1.72. The third-order valence-electron chi connectivity index (χ3n) is 3.32. The fourth-order valence-electron chi connectivity index (χ4n) is 2.24. The minimum atomic E-state index is 0.817. The van der Waals surface area contributed by atoms with Crippen LogP contribution in [0, 0.1) is 11.8 Å². The summed E-state index contributed by atoms with van der Waals surface area (Å²) < 4.78 is 0. The maximum Gasteiger partial charge on any atom is -0.0130 e. The Balaban J connectivity index is 2.28. The third-order valence-corrected chi connectivity index (χ3v) is 3.32. The van der Waals surface area contributed by atoms with Crippen LogP contribution in [0.25, 0.3) is 0 Å². The van der Waals surface area contributed by atoms with Crippen molar-refractivity contribution in [1.82, 2.24) is 0 Å². The van der Waals surface area contributed by atoms with Crippen molar-refractivity contribution >= 4 is 0 Å². The van der Waals surface area contributed by atoms with Gasteiger partial charge in [-0.2, -0.15) is 0 Å². The van der Waals surface area contributed by atoms with Gasteiger partial charge in [-0.3, -0.25) is 0 Å². The fraction of sp³-hybridized carbons (Fsp3) is 0.636. The van der Waals surface area contributed by atoms with Gasteiger partial charge in [0.25, 0.3) is 0 Å². The molecule has 2 rings (SSSR count). The van der Waals surface area contributed by atoms with E-state index in [0.29, 0.717) is 0 Å². The second-order valence-corrected chi connectivity index (χ2v) is 3.97. The highest BCUT2D eigenvalue weighted by Crippen LogP contribution is 2.39.